The third-order valence-electron chi connectivity index (χ3n) is 2.73. The summed E-state index contributed by atoms with van der Waals surface area (Å²) in [6.45, 7) is 0.0930. The summed E-state index contributed by atoms with van der Waals surface area (Å²) in [4.78, 5) is 10.7. The van der Waals surface area contributed by atoms with Crippen LogP contribution in [0, 0.1) is 0 Å². The summed E-state index contributed by atoms with van der Waals surface area (Å²) in [5.41, 5.74) is 0.745. The smallest absolute Gasteiger partial charge is 0.303 e. The quantitative estimate of drug-likeness (QED) is 0.714. The zero-order chi connectivity index (χ0) is 15.0. The van der Waals surface area contributed by atoms with Gasteiger partial charge in [0.15, 0.2) is 0 Å². The number of rotatable bonds is 9. The maximum Gasteiger partial charge on any atom is 0.303 e. The van der Waals surface area contributed by atoms with E-state index in [-0.39, 0.29) is 25.2 Å². The van der Waals surface area contributed by atoms with Gasteiger partial charge in [-0.05, 0) is 12.0 Å². The first kappa shape index (κ1) is 16.6. The molecular weight excluding hydrogens is 282 g/mol. The molecule has 1 aromatic rings. The molecule has 1 rings (SSSR count). The zero-order valence-electron chi connectivity index (χ0n) is 11.3. The number of ether oxygens (including phenoxy) is 1. The van der Waals surface area contributed by atoms with Gasteiger partial charge >= 0.3 is 5.97 Å². The van der Waals surface area contributed by atoms with Gasteiger partial charge in [0.2, 0.25) is 10.0 Å². The molecule has 20 heavy (non-hydrogen) atoms. The number of methoxy groups -OCH3 is 1. The summed E-state index contributed by atoms with van der Waals surface area (Å²) in [5, 5.41) is 8.75. The van der Waals surface area contributed by atoms with Crippen molar-refractivity contribution in [3.05, 3.63) is 35.9 Å². The number of carbonyl (C=O) groups is 1. The fourth-order valence-electron chi connectivity index (χ4n) is 1.72. The number of aliphatic carboxylic acids is 1. The molecule has 112 valence electrons. The summed E-state index contributed by atoms with van der Waals surface area (Å²) in [7, 11) is -2.08. The van der Waals surface area contributed by atoms with E-state index in [9.17, 15) is 13.2 Å². The lowest BCUT2D eigenvalue weighted by molar-refractivity contribution is -0.137. The molecule has 0 aromatic heterocycles. The van der Waals surface area contributed by atoms with Gasteiger partial charge in [-0.25, -0.2) is 13.1 Å². The molecule has 0 amide bonds. The Hall–Kier alpha value is -1.44. The average molecular weight is 301 g/mol. The summed E-state index contributed by atoms with van der Waals surface area (Å²) < 4.78 is 31.0. The van der Waals surface area contributed by atoms with Gasteiger partial charge < -0.3 is 9.84 Å². The maximum absolute atomic E-state index is 11.9. The predicted octanol–water partition coefficient (Wildman–Crippen LogP) is 1.16. The van der Waals surface area contributed by atoms with Crippen LogP contribution in [0.15, 0.2) is 30.3 Å². The second-order valence-corrected chi connectivity index (χ2v) is 6.20. The van der Waals surface area contributed by atoms with Gasteiger partial charge in [0, 0.05) is 19.6 Å². The lowest BCUT2D eigenvalue weighted by atomic mass is 10.0. The van der Waals surface area contributed by atoms with Crippen molar-refractivity contribution in [2.45, 2.75) is 18.9 Å². The van der Waals surface area contributed by atoms with Crippen molar-refractivity contribution in [3.63, 3.8) is 0 Å². The number of nitrogens with one attached hydrogen (secondary N) is 1. The van der Waals surface area contributed by atoms with Crippen LogP contribution in [-0.2, 0) is 19.6 Å². The van der Waals surface area contributed by atoms with Gasteiger partial charge in [-0.15, -0.1) is 0 Å². The van der Waals surface area contributed by atoms with Gasteiger partial charge in [-0.1, -0.05) is 30.3 Å². The molecule has 0 aliphatic heterocycles. The lowest BCUT2D eigenvalue weighted by Gasteiger charge is -2.18. The fraction of sp³-hybridized carbons (Fsp3) is 0.462. The number of hydrogen-bond acceptors (Lipinski definition) is 4. The van der Waals surface area contributed by atoms with Gasteiger partial charge in [0.05, 0.1) is 12.4 Å². The monoisotopic (exact) mass is 301 g/mol. The van der Waals surface area contributed by atoms with E-state index >= 15 is 0 Å². The predicted molar refractivity (Wildman–Crippen MR) is 74.9 cm³/mol. The van der Waals surface area contributed by atoms with E-state index < -0.39 is 22.0 Å². The Morgan fingerprint density at radius 2 is 2.00 bits per heavy atom. The fourth-order valence-corrected chi connectivity index (χ4v) is 2.91. The SMILES string of the molecule is COCCS(=O)(=O)NC(CCC(=O)O)c1ccccc1. The summed E-state index contributed by atoms with van der Waals surface area (Å²) in [6, 6.07) is 8.38. The van der Waals surface area contributed by atoms with Crippen LogP contribution in [0.25, 0.3) is 0 Å². The van der Waals surface area contributed by atoms with Crippen LogP contribution in [-0.4, -0.2) is 39.0 Å². The third-order valence-corrected chi connectivity index (χ3v) is 4.07. The first-order chi connectivity index (χ1) is 9.44. The molecule has 0 aliphatic rings. The van der Waals surface area contributed by atoms with Crippen molar-refractivity contribution >= 4 is 16.0 Å². The number of carboxylic acid groups (broad SMARTS) is 1. The summed E-state index contributed by atoms with van der Waals surface area (Å²) in [6.07, 6.45) is 0.0952. The molecule has 2 N–H and O–H groups in total. The van der Waals surface area contributed by atoms with E-state index in [1.807, 2.05) is 6.07 Å². The highest BCUT2D eigenvalue weighted by Crippen LogP contribution is 2.19. The first-order valence-electron chi connectivity index (χ1n) is 6.20. The van der Waals surface area contributed by atoms with Crippen LogP contribution < -0.4 is 4.72 Å². The van der Waals surface area contributed by atoms with Crippen molar-refractivity contribution in [2.75, 3.05) is 19.5 Å². The van der Waals surface area contributed by atoms with E-state index in [0.29, 0.717) is 0 Å². The number of benzene rings is 1. The standard InChI is InChI=1S/C13H19NO5S/c1-19-9-10-20(17,18)14-12(7-8-13(15)16)11-5-3-2-4-6-11/h2-6,12,14H,7-10H2,1H3,(H,15,16). The molecule has 0 aliphatic carbocycles. The van der Waals surface area contributed by atoms with Crippen molar-refractivity contribution in [3.8, 4) is 0 Å². The average Bonchev–Trinajstić information content (AvgIpc) is 2.42. The minimum absolute atomic E-state index is 0.0930. The second kappa shape index (κ2) is 7.98. The number of hydrogen-bond donors (Lipinski definition) is 2. The Balaban J connectivity index is 2.80. The minimum atomic E-state index is -3.51. The molecule has 7 heteroatoms. The molecule has 0 spiro atoms. The Kier molecular flexibility index (Phi) is 6.63. The van der Waals surface area contributed by atoms with E-state index in [4.69, 9.17) is 9.84 Å². The van der Waals surface area contributed by atoms with Crippen molar-refractivity contribution < 1.29 is 23.1 Å². The lowest BCUT2D eigenvalue weighted by Crippen LogP contribution is -2.32. The minimum Gasteiger partial charge on any atom is -0.481 e. The van der Waals surface area contributed by atoms with Crippen LogP contribution in [0.2, 0.25) is 0 Å². The summed E-state index contributed by atoms with van der Waals surface area (Å²) in [5.74, 6) is -1.11. The maximum atomic E-state index is 11.9. The van der Waals surface area contributed by atoms with E-state index in [1.165, 1.54) is 7.11 Å². The largest absolute Gasteiger partial charge is 0.481 e. The Bertz CT molecular complexity index is 515. The topological polar surface area (TPSA) is 92.7 Å². The third kappa shape index (κ3) is 6.14. The molecule has 1 unspecified atom stereocenters. The van der Waals surface area contributed by atoms with Gasteiger partial charge in [0.25, 0.3) is 0 Å². The zero-order valence-corrected chi connectivity index (χ0v) is 12.1. The van der Waals surface area contributed by atoms with Crippen LogP contribution in [0.5, 0.6) is 0 Å². The summed E-state index contributed by atoms with van der Waals surface area (Å²) >= 11 is 0. The van der Waals surface area contributed by atoms with Gasteiger partial charge in [-0.2, -0.15) is 0 Å². The van der Waals surface area contributed by atoms with Crippen molar-refractivity contribution in [2.24, 2.45) is 0 Å². The van der Waals surface area contributed by atoms with Gasteiger partial charge in [0.1, 0.15) is 0 Å². The molecule has 0 saturated carbocycles. The second-order valence-electron chi connectivity index (χ2n) is 4.33. The van der Waals surface area contributed by atoms with Crippen LogP contribution in [0.1, 0.15) is 24.4 Å². The Morgan fingerprint density at radius 1 is 1.35 bits per heavy atom. The van der Waals surface area contributed by atoms with Crippen LogP contribution >= 0.6 is 0 Å². The molecule has 1 aromatic carbocycles. The molecule has 6 nitrogen and oxygen atoms in total. The highest BCUT2D eigenvalue weighted by atomic mass is 32.2. The molecule has 0 fully saturated rings. The van der Waals surface area contributed by atoms with E-state index in [0.717, 1.165) is 5.56 Å². The molecule has 1 atom stereocenters. The normalized spacial score (nSPS) is 13.1. The highest BCUT2D eigenvalue weighted by molar-refractivity contribution is 7.89. The Morgan fingerprint density at radius 3 is 2.55 bits per heavy atom. The number of sulfonamides is 1. The van der Waals surface area contributed by atoms with Crippen molar-refractivity contribution in [1.29, 1.82) is 0 Å². The highest BCUT2D eigenvalue weighted by Gasteiger charge is 2.20. The van der Waals surface area contributed by atoms with E-state index in [1.54, 1.807) is 24.3 Å². The molecule has 0 radical (unpaired) electrons. The van der Waals surface area contributed by atoms with Gasteiger partial charge in [-0.3, -0.25) is 4.79 Å². The van der Waals surface area contributed by atoms with Crippen molar-refractivity contribution in [1.82, 2.24) is 4.72 Å². The van der Waals surface area contributed by atoms with E-state index in [2.05, 4.69) is 4.72 Å². The Labute approximate surface area is 118 Å². The van der Waals surface area contributed by atoms with Crippen LogP contribution in [0.3, 0.4) is 0 Å². The number of carboxylic acids is 1. The molecule has 0 heterocycles. The van der Waals surface area contributed by atoms with Crippen LogP contribution in [0.4, 0.5) is 0 Å². The molecular formula is C13H19NO5S. The molecule has 0 bridgehead atoms. The molecule has 0 saturated heterocycles. The first-order valence-corrected chi connectivity index (χ1v) is 7.85.